The summed E-state index contributed by atoms with van der Waals surface area (Å²) in [6.45, 7) is 5.23. The lowest BCUT2D eigenvalue weighted by Gasteiger charge is -2.42. The summed E-state index contributed by atoms with van der Waals surface area (Å²) in [7, 11) is 0. The first-order valence-corrected chi connectivity index (χ1v) is 9.61. The predicted molar refractivity (Wildman–Crippen MR) is 104 cm³/mol. The van der Waals surface area contributed by atoms with E-state index in [-0.39, 0.29) is 22.8 Å². The summed E-state index contributed by atoms with van der Waals surface area (Å²) >= 11 is 1.13. The summed E-state index contributed by atoms with van der Waals surface area (Å²) in [5.74, 6) is 0.603. The second kappa shape index (κ2) is 6.83. The molecule has 2 aromatic heterocycles. The number of carbonyl (C=O) groups excluding carboxylic acids is 2. The van der Waals surface area contributed by atoms with Gasteiger partial charge in [-0.05, 0) is 39.0 Å². The van der Waals surface area contributed by atoms with Crippen LogP contribution in [0.1, 0.15) is 19.6 Å². The van der Waals surface area contributed by atoms with E-state index in [9.17, 15) is 9.59 Å². The first kappa shape index (κ1) is 18.3. The van der Waals surface area contributed by atoms with E-state index in [4.69, 9.17) is 8.83 Å². The normalized spacial score (nSPS) is 15.2. The third-order valence-electron chi connectivity index (χ3n) is 4.57. The highest BCUT2D eigenvalue weighted by atomic mass is 32.2. The smallest absolute Gasteiger partial charge is 0.277 e. The van der Waals surface area contributed by atoms with Crippen LogP contribution in [-0.2, 0) is 9.59 Å². The number of anilines is 2. The molecule has 1 aromatic carbocycles. The highest BCUT2D eigenvalue weighted by Crippen LogP contribution is 2.37. The van der Waals surface area contributed by atoms with E-state index in [0.717, 1.165) is 11.8 Å². The summed E-state index contributed by atoms with van der Waals surface area (Å²) in [6.07, 6.45) is 1.55. The third kappa shape index (κ3) is 3.07. The minimum Gasteiger partial charge on any atom is -0.469 e. The molecule has 28 heavy (non-hydrogen) atoms. The van der Waals surface area contributed by atoms with E-state index >= 15 is 0 Å². The van der Waals surface area contributed by atoms with E-state index in [1.807, 2.05) is 18.2 Å². The van der Waals surface area contributed by atoms with Gasteiger partial charge in [-0.2, -0.15) is 0 Å². The number of thioether (sulfide) groups is 1. The van der Waals surface area contributed by atoms with Crippen molar-refractivity contribution in [3.05, 3.63) is 42.4 Å². The second-order valence-corrected chi connectivity index (χ2v) is 7.74. The molecule has 0 fully saturated rings. The maximum atomic E-state index is 13.0. The van der Waals surface area contributed by atoms with Gasteiger partial charge in [-0.3, -0.25) is 14.5 Å². The molecule has 0 spiro atoms. The average molecular weight is 398 g/mol. The molecule has 0 atom stereocenters. The fraction of sp³-hybridized carbons (Fsp3) is 0.263. The highest BCUT2D eigenvalue weighted by Gasteiger charge is 2.43. The van der Waals surface area contributed by atoms with Gasteiger partial charge in [-0.1, -0.05) is 23.9 Å². The number of nitrogens with zero attached hydrogens (tertiary/aromatic N) is 3. The Labute approximate surface area is 165 Å². The monoisotopic (exact) mass is 398 g/mol. The van der Waals surface area contributed by atoms with E-state index in [1.165, 1.54) is 4.90 Å². The number of hydrogen-bond acceptors (Lipinski definition) is 7. The van der Waals surface area contributed by atoms with Gasteiger partial charge in [-0.25, -0.2) is 0 Å². The van der Waals surface area contributed by atoms with E-state index in [1.54, 1.807) is 39.2 Å². The molecule has 0 saturated heterocycles. The van der Waals surface area contributed by atoms with Crippen molar-refractivity contribution < 1.29 is 18.4 Å². The zero-order chi connectivity index (χ0) is 19.9. The Morgan fingerprint density at radius 1 is 1.25 bits per heavy atom. The Kier molecular flexibility index (Phi) is 4.46. The van der Waals surface area contributed by atoms with Crippen molar-refractivity contribution in [3.8, 4) is 11.5 Å². The van der Waals surface area contributed by atoms with Crippen LogP contribution in [0.2, 0.25) is 0 Å². The van der Waals surface area contributed by atoms with Crippen LogP contribution in [0.25, 0.3) is 11.5 Å². The van der Waals surface area contributed by atoms with Crippen LogP contribution in [0.4, 0.5) is 11.4 Å². The average Bonchev–Trinajstić information content (AvgIpc) is 3.29. The molecular weight excluding hydrogens is 380 g/mol. The van der Waals surface area contributed by atoms with Crippen molar-refractivity contribution in [2.24, 2.45) is 0 Å². The lowest BCUT2D eigenvalue weighted by atomic mass is 9.96. The zero-order valence-electron chi connectivity index (χ0n) is 15.6. The Bertz CT molecular complexity index is 1060. The van der Waals surface area contributed by atoms with E-state index in [2.05, 4.69) is 15.5 Å². The molecule has 0 saturated carbocycles. The molecule has 1 N–H and O–H groups in total. The van der Waals surface area contributed by atoms with Crippen LogP contribution in [-0.4, -0.2) is 33.3 Å². The zero-order valence-corrected chi connectivity index (χ0v) is 16.4. The maximum Gasteiger partial charge on any atom is 0.277 e. The van der Waals surface area contributed by atoms with Crippen LogP contribution in [0.15, 0.2) is 50.7 Å². The van der Waals surface area contributed by atoms with Crippen LogP contribution in [0.3, 0.4) is 0 Å². The van der Waals surface area contributed by atoms with Crippen LogP contribution < -0.4 is 10.2 Å². The molecular formula is C19H18N4O4S. The van der Waals surface area contributed by atoms with Crippen molar-refractivity contribution in [1.82, 2.24) is 10.2 Å². The molecule has 2 amide bonds. The van der Waals surface area contributed by atoms with Gasteiger partial charge in [0.2, 0.25) is 11.8 Å². The second-order valence-electron chi connectivity index (χ2n) is 6.81. The van der Waals surface area contributed by atoms with Crippen molar-refractivity contribution >= 4 is 35.0 Å². The van der Waals surface area contributed by atoms with Crippen LogP contribution >= 0.6 is 11.8 Å². The number of para-hydroxylation sites is 2. The highest BCUT2D eigenvalue weighted by molar-refractivity contribution is 7.99. The number of furan rings is 1. The minimum atomic E-state index is -1.01. The van der Waals surface area contributed by atoms with Gasteiger partial charge in [0.25, 0.3) is 11.1 Å². The first-order chi connectivity index (χ1) is 13.4. The molecule has 0 aliphatic carbocycles. The number of nitrogens with one attached hydrogen (secondary N) is 1. The number of rotatable bonds is 4. The number of hydrogen-bond donors (Lipinski definition) is 1. The van der Waals surface area contributed by atoms with Gasteiger partial charge in [0.05, 0.1) is 29.0 Å². The molecule has 1 aliphatic rings. The summed E-state index contributed by atoms with van der Waals surface area (Å²) < 4.78 is 10.9. The molecule has 3 aromatic rings. The Morgan fingerprint density at radius 3 is 2.79 bits per heavy atom. The lowest BCUT2D eigenvalue weighted by molar-refractivity contribution is -0.125. The topological polar surface area (TPSA) is 101 Å². The minimum absolute atomic E-state index is 0.0526. The molecule has 4 rings (SSSR count). The SMILES string of the molecule is Cc1occc1-c1nnc(SCC(=O)N2c3ccccc3NC(=O)C2(C)C)o1. The van der Waals surface area contributed by atoms with Gasteiger partial charge in [0.15, 0.2) is 0 Å². The largest absolute Gasteiger partial charge is 0.469 e. The maximum absolute atomic E-state index is 13.0. The fourth-order valence-electron chi connectivity index (χ4n) is 3.07. The van der Waals surface area contributed by atoms with Gasteiger partial charge >= 0.3 is 0 Å². The number of aryl methyl sites for hydroxylation is 1. The molecule has 9 heteroatoms. The Morgan fingerprint density at radius 2 is 2.04 bits per heavy atom. The molecule has 0 radical (unpaired) electrons. The fourth-order valence-corrected chi connectivity index (χ4v) is 3.68. The van der Waals surface area contributed by atoms with Gasteiger partial charge < -0.3 is 14.2 Å². The summed E-state index contributed by atoms with van der Waals surface area (Å²) in [5, 5.41) is 11.1. The molecule has 8 nitrogen and oxygen atoms in total. The molecule has 0 unspecified atom stereocenters. The Hall–Kier alpha value is -3.07. The number of fused-ring (bicyclic) bond motifs is 1. The number of carbonyl (C=O) groups is 2. The standard InChI is InChI=1S/C19H18N4O4S/c1-11-12(8-9-26-11)16-21-22-18(27-16)28-10-15(24)23-14-7-5-4-6-13(14)20-17(25)19(23,2)3/h4-9H,10H2,1-3H3,(H,20,25). The van der Waals surface area contributed by atoms with Crippen molar-refractivity contribution in [3.63, 3.8) is 0 Å². The van der Waals surface area contributed by atoms with Gasteiger partial charge in [0, 0.05) is 0 Å². The number of benzene rings is 1. The Balaban J connectivity index is 1.53. The summed E-state index contributed by atoms with van der Waals surface area (Å²) in [4.78, 5) is 27.0. The number of amides is 2. The van der Waals surface area contributed by atoms with Gasteiger partial charge in [0.1, 0.15) is 11.3 Å². The van der Waals surface area contributed by atoms with Crippen molar-refractivity contribution in [1.29, 1.82) is 0 Å². The van der Waals surface area contributed by atoms with Crippen LogP contribution in [0.5, 0.6) is 0 Å². The molecule has 0 bridgehead atoms. The van der Waals surface area contributed by atoms with E-state index in [0.29, 0.717) is 28.6 Å². The lowest BCUT2D eigenvalue weighted by Crippen LogP contribution is -2.58. The molecule has 3 heterocycles. The molecule has 144 valence electrons. The quantitative estimate of drug-likeness (QED) is 0.671. The van der Waals surface area contributed by atoms with E-state index < -0.39 is 5.54 Å². The first-order valence-electron chi connectivity index (χ1n) is 8.62. The van der Waals surface area contributed by atoms with Crippen LogP contribution in [0, 0.1) is 6.92 Å². The summed E-state index contributed by atoms with van der Waals surface area (Å²) in [5.41, 5.74) is 0.979. The van der Waals surface area contributed by atoms with Crippen molar-refractivity contribution in [2.45, 2.75) is 31.5 Å². The summed E-state index contributed by atoms with van der Waals surface area (Å²) in [6, 6.07) is 8.97. The van der Waals surface area contributed by atoms with Crippen molar-refractivity contribution in [2.75, 3.05) is 16.0 Å². The molecule has 1 aliphatic heterocycles. The predicted octanol–water partition coefficient (Wildman–Crippen LogP) is 3.49. The third-order valence-corrected chi connectivity index (χ3v) is 5.38. The van der Waals surface area contributed by atoms with Gasteiger partial charge in [-0.15, -0.1) is 10.2 Å². The number of aromatic nitrogens is 2.